The Bertz CT molecular complexity index is 1640. The summed E-state index contributed by atoms with van der Waals surface area (Å²) in [5, 5.41) is 16.1. The lowest BCUT2D eigenvalue weighted by Crippen LogP contribution is -2.76. The lowest BCUT2D eigenvalue weighted by molar-refractivity contribution is -0.189. The summed E-state index contributed by atoms with van der Waals surface area (Å²) in [7, 11) is 0. The number of amides is 4. The zero-order valence-electron chi connectivity index (χ0n) is 26.5. The van der Waals surface area contributed by atoms with E-state index in [0.29, 0.717) is 17.9 Å². The van der Waals surface area contributed by atoms with E-state index in [1.807, 2.05) is 69.3 Å². The van der Waals surface area contributed by atoms with Crippen LogP contribution < -0.4 is 5.32 Å². The lowest BCUT2D eigenvalue weighted by atomic mass is 9.98. The molecule has 238 valence electrons. The van der Waals surface area contributed by atoms with E-state index in [0.717, 1.165) is 11.1 Å². The van der Waals surface area contributed by atoms with Crippen LogP contribution >= 0.6 is 0 Å². The maximum Gasteiger partial charge on any atom is 0.334 e. The van der Waals surface area contributed by atoms with Gasteiger partial charge in [0.1, 0.15) is 23.7 Å². The van der Waals surface area contributed by atoms with E-state index >= 15 is 0 Å². The molecule has 2 N–H and O–H groups in total. The molecule has 2 aliphatic heterocycles. The quantitative estimate of drug-likeness (QED) is 0.292. The molecule has 5 rings (SSSR count). The molecule has 1 aromatic heterocycles. The van der Waals surface area contributed by atoms with Crippen molar-refractivity contribution in [2.24, 2.45) is 5.41 Å². The molecule has 0 aliphatic carbocycles. The molecule has 10 heteroatoms. The molecule has 3 aromatic rings. The van der Waals surface area contributed by atoms with Crippen molar-refractivity contribution in [2.75, 3.05) is 19.6 Å². The fraction of sp³-hybridized carbons (Fsp3) is 0.333. The molecular weight excluding hydrogens is 580 g/mol. The number of fused-ring (bicyclic) bond motifs is 1. The standard InChI is InChI=1S/C36H40N6O4/c1-5-20-40-25-33(44)41-31(21-26-14-16-30(43)17-15-26)34(45)39(23-29-13-9-12-28(38-29)18-19-36(2,3)4)24-32(41)42(40)35(46)37-22-27-10-7-6-8-11-27/h5-17,31-32,43H,1,20-25H2,2-4H3,(H,37,46)/t31-,32?/m0/s1. The molecule has 0 bridgehead atoms. The minimum absolute atomic E-state index is 0.0859. The van der Waals surface area contributed by atoms with Crippen molar-refractivity contribution in [3.05, 3.63) is 108 Å². The first-order chi connectivity index (χ1) is 22.0. The van der Waals surface area contributed by atoms with Gasteiger partial charge in [-0.25, -0.2) is 19.8 Å². The maximum absolute atomic E-state index is 14.2. The first-order valence-electron chi connectivity index (χ1n) is 15.4. The number of phenolic OH excluding ortho intramolecular Hbond substituents is 1. The fourth-order valence-corrected chi connectivity index (χ4v) is 5.64. The molecular formula is C36H40N6O4. The highest BCUT2D eigenvalue weighted by Gasteiger charge is 2.51. The number of carbonyl (C=O) groups is 3. The van der Waals surface area contributed by atoms with Crippen LogP contribution in [0.3, 0.4) is 0 Å². The van der Waals surface area contributed by atoms with E-state index in [4.69, 9.17) is 4.98 Å². The SMILES string of the molecule is C=CCN1CC(=O)N2C(CN(Cc3cccc(C#CC(C)(C)C)n3)C(=O)[C@@H]2Cc2ccc(O)cc2)N1C(=O)NCc1ccccc1. The molecule has 1 unspecified atom stereocenters. The van der Waals surface area contributed by atoms with Gasteiger partial charge in [0.15, 0.2) is 0 Å². The number of hydrogen-bond donors (Lipinski definition) is 2. The van der Waals surface area contributed by atoms with Gasteiger partial charge in [-0.15, -0.1) is 6.58 Å². The highest BCUT2D eigenvalue weighted by molar-refractivity contribution is 5.91. The minimum Gasteiger partial charge on any atom is -0.508 e. The molecule has 0 spiro atoms. The molecule has 0 radical (unpaired) electrons. The third-order valence-electron chi connectivity index (χ3n) is 7.76. The van der Waals surface area contributed by atoms with Gasteiger partial charge in [-0.2, -0.15) is 0 Å². The Morgan fingerprint density at radius 3 is 2.48 bits per heavy atom. The molecule has 46 heavy (non-hydrogen) atoms. The number of aromatic hydroxyl groups is 1. The number of piperazine rings is 1. The van der Waals surface area contributed by atoms with Crippen LogP contribution in [0.2, 0.25) is 0 Å². The number of benzene rings is 2. The summed E-state index contributed by atoms with van der Waals surface area (Å²) in [5.41, 5.74) is 2.76. The van der Waals surface area contributed by atoms with Gasteiger partial charge in [-0.05, 0) is 62.1 Å². The Balaban J connectivity index is 1.49. The molecule has 2 aromatic carbocycles. The number of aromatic nitrogens is 1. The van der Waals surface area contributed by atoms with Crippen LogP contribution in [0, 0.1) is 17.3 Å². The molecule has 3 heterocycles. The second-order valence-electron chi connectivity index (χ2n) is 12.5. The number of hydrazine groups is 1. The van der Waals surface area contributed by atoms with Gasteiger partial charge >= 0.3 is 6.03 Å². The van der Waals surface area contributed by atoms with E-state index in [1.54, 1.807) is 50.2 Å². The third-order valence-corrected chi connectivity index (χ3v) is 7.76. The largest absolute Gasteiger partial charge is 0.508 e. The number of nitrogens with one attached hydrogen (secondary N) is 1. The number of urea groups is 1. The number of rotatable bonds is 8. The first kappa shape index (κ1) is 32.3. The van der Waals surface area contributed by atoms with Crippen molar-refractivity contribution in [3.63, 3.8) is 0 Å². The van der Waals surface area contributed by atoms with E-state index in [9.17, 15) is 19.5 Å². The van der Waals surface area contributed by atoms with Crippen molar-refractivity contribution >= 4 is 17.8 Å². The Kier molecular flexibility index (Phi) is 9.73. The molecule has 10 nitrogen and oxygen atoms in total. The van der Waals surface area contributed by atoms with Crippen molar-refractivity contribution in [1.82, 2.24) is 30.1 Å². The van der Waals surface area contributed by atoms with Crippen LogP contribution in [0.5, 0.6) is 5.75 Å². The van der Waals surface area contributed by atoms with Crippen LogP contribution in [-0.4, -0.2) is 79.6 Å². The van der Waals surface area contributed by atoms with Crippen LogP contribution in [0.25, 0.3) is 0 Å². The summed E-state index contributed by atoms with van der Waals surface area (Å²) in [5.74, 6) is 5.93. The minimum atomic E-state index is -0.880. The van der Waals surface area contributed by atoms with Crippen molar-refractivity contribution in [1.29, 1.82) is 0 Å². The van der Waals surface area contributed by atoms with Crippen molar-refractivity contribution in [2.45, 2.75) is 52.5 Å². The fourth-order valence-electron chi connectivity index (χ4n) is 5.64. The Labute approximate surface area is 270 Å². The smallest absolute Gasteiger partial charge is 0.334 e. The summed E-state index contributed by atoms with van der Waals surface area (Å²) >= 11 is 0. The van der Waals surface area contributed by atoms with Crippen molar-refractivity contribution < 1.29 is 19.5 Å². The lowest BCUT2D eigenvalue weighted by Gasteiger charge is -2.55. The maximum atomic E-state index is 14.2. The summed E-state index contributed by atoms with van der Waals surface area (Å²) in [4.78, 5) is 49.8. The Morgan fingerprint density at radius 2 is 1.78 bits per heavy atom. The van der Waals surface area contributed by atoms with E-state index < -0.39 is 12.2 Å². The predicted molar refractivity (Wildman–Crippen MR) is 175 cm³/mol. The first-order valence-corrected chi connectivity index (χ1v) is 15.4. The Morgan fingerprint density at radius 1 is 1.04 bits per heavy atom. The highest BCUT2D eigenvalue weighted by atomic mass is 16.3. The monoisotopic (exact) mass is 620 g/mol. The number of hydrogen-bond acceptors (Lipinski definition) is 6. The second kappa shape index (κ2) is 13.9. The summed E-state index contributed by atoms with van der Waals surface area (Å²) in [6.07, 6.45) is 1.08. The van der Waals surface area contributed by atoms with Crippen LogP contribution in [0.4, 0.5) is 4.79 Å². The molecule has 0 saturated carbocycles. The van der Waals surface area contributed by atoms with E-state index in [-0.39, 0.29) is 61.6 Å². The van der Waals surface area contributed by atoms with Crippen LogP contribution in [-0.2, 0) is 29.1 Å². The normalized spacial score (nSPS) is 18.5. The Hall–Kier alpha value is -5.14. The summed E-state index contributed by atoms with van der Waals surface area (Å²) in [6.45, 7) is 10.7. The van der Waals surface area contributed by atoms with Gasteiger partial charge in [0.2, 0.25) is 11.8 Å². The molecule has 2 saturated heterocycles. The van der Waals surface area contributed by atoms with Crippen LogP contribution in [0.1, 0.15) is 43.3 Å². The zero-order valence-corrected chi connectivity index (χ0v) is 26.5. The van der Waals surface area contributed by atoms with Gasteiger partial charge in [0.05, 0.1) is 25.3 Å². The predicted octanol–water partition coefficient (Wildman–Crippen LogP) is 3.92. The molecule has 4 amide bonds. The van der Waals surface area contributed by atoms with E-state index in [2.05, 4.69) is 23.7 Å². The van der Waals surface area contributed by atoms with Crippen LogP contribution in [0.15, 0.2) is 85.5 Å². The summed E-state index contributed by atoms with van der Waals surface area (Å²) < 4.78 is 0. The third kappa shape index (κ3) is 7.73. The van der Waals surface area contributed by atoms with E-state index in [1.165, 1.54) is 0 Å². The van der Waals surface area contributed by atoms with Gasteiger partial charge in [0, 0.05) is 24.9 Å². The number of carbonyl (C=O) groups excluding carboxylic acids is 3. The zero-order chi connectivity index (χ0) is 32.8. The van der Waals surface area contributed by atoms with Crippen molar-refractivity contribution in [3.8, 4) is 17.6 Å². The highest BCUT2D eigenvalue weighted by Crippen LogP contribution is 2.29. The molecule has 2 aliphatic rings. The average Bonchev–Trinajstić information content (AvgIpc) is 3.02. The topological polar surface area (TPSA) is 109 Å². The van der Waals surface area contributed by atoms with Gasteiger partial charge in [-0.1, -0.05) is 60.5 Å². The van der Waals surface area contributed by atoms with Gasteiger partial charge < -0.3 is 20.2 Å². The van der Waals surface area contributed by atoms with Gasteiger partial charge in [0.25, 0.3) is 0 Å². The number of nitrogens with zero attached hydrogens (tertiary/aromatic N) is 5. The summed E-state index contributed by atoms with van der Waals surface area (Å²) in [6, 6.07) is 20.4. The average molecular weight is 621 g/mol. The van der Waals surface area contributed by atoms with Gasteiger partial charge in [-0.3, -0.25) is 9.59 Å². The number of pyridine rings is 1. The molecule has 2 atom stereocenters. The molecule has 2 fully saturated rings. The number of phenols is 1. The second-order valence-corrected chi connectivity index (χ2v) is 12.5.